The van der Waals surface area contributed by atoms with Crippen molar-refractivity contribution in [2.24, 2.45) is 5.92 Å². The van der Waals surface area contributed by atoms with Gasteiger partial charge in [-0.1, -0.05) is 44.2 Å². The van der Waals surface area contributed by atoms with E-state index in [9.17, 15) is 4.79 Å². The molecule has 0 aliphatic carbocycles. The van der Waals surface area contributed by atoms with Gasteiger partial charge in [-0.05, 0) is 17.5 Å². The number of carbonyl (C=O) groups is 1. The van der Waals surface area contributed by atoms with Crippen LogP contribution in [0.2, 0.25) is 0 Å². The minimum absolute atomic E-state index is 0.0144. The molecule has 0 radical (unpaired) electrons. The molecule has 2 aromatic rings. The highest BCUT2D eigenvalue weighted by atomic mass is 32.1. The highest BCUT2D eigenvalue weighted by molar-refractivity contribution is 7.18. The van der Waals surface area contributed by atoms with Gasteiger partial charge in [0.1, 0.15) is 0 Å². The van der Waals surface area contributed by atoms with Gasteiger partial charge >= 0.3 is 0 Å². The number of hydrogen-bond donors (Lipinski definition) is 1. The average molecular weight is 444 g/mol. The Morgan fingerprint density at radius 3 is 2.32 bits per heavy atom. The molecule has 31 heavy (non-hydrogen) atoms. The SMILES string of the molecule is CC(C)C(CNC(=O)c1cc(-c2ccccc2)c(N2CCOCC2)s1)N1CCOCC1. The van der Waals surface area contributed by atoms with Crippen molar-refractivity contribution in [3.05, 3.63) is 41.3 Å². The van der Waals surface area contributed by atoms with Crippen molar-refractivity contribution in [1.29, 1.82) is 0 Å². The normalized spacial score (nSPS) is 18.9. The molecule has 2 aliphatic rings. The Morgan fingerprint density at radius 2 is 1.68 bits per heavy atom. The summed E-state index contributed by atoms with van der Waals surface area (Å²) in [5, 5.41) is 4.38. The Morgan fingerprint density at radius 1 is 1.03 bits per heavy atom. The number of rotatable bonds is 7. The summed E-state index contributed by atoms with van der Waals surface area (Å²) in [5.41, 5.74) is 2.28. The Bertz CT molecular complexity index is 843. The van der Waals surface area contributed by atoms with E-state index in [1.807, 2.05) is 18.2 Å². The second-order valence-electron chi connectivity index (χ2n) is 8.46. The Hall–Kier alpha value is -1.93. The van der Waals surface area contributed by atoms with Gasteiger partial charge in [0.15, 0.2) is 0 Å². The maximum absolute atomic E-state index is 13.1. The van der Waals surface area contributed by atoms with Gasteiger partial charge in [0.2, 0.25) is 0 Å². The minimum Gasteiger partial charge on any atom is -0.379 e. The van der Waals surface area contributed by atoms with Crippen LogP contribution in [-0.2, 0) is 9.47 Å². The summed E-state index contributed by atoms with van der Waals surface area (Å²) < 4.78 is 11.0. The van der Waals surface area contributed by atoms with Crippen LogP contribution >= 0.6 is 11.3 Å². The van der Waals surface area contributed by atoms with Crippen LogP contribution < -0.4 is 10.2 Å². The van der Waals surface area contributed by atoms with Crippen LogP contribution in [0.5, 0.6) is 0 Å². The average Bonchev–Trinajstić information content (AvgIpc) is 3.26. The number of ether oxygens (including phenoxy) is 2. The molecule has 2 fully saturated rings. The van der Waals surface area contributed by atoms with Crippen molar-refractivity contribution in [2.45, 2.75) is 19.9 Å². The first kappa shape index (κ1) is 22.3. The maximum Gasteiger partial charge on any atom is 0.261 e. The molecule has 2 aliphatic heterocycles. The lowest BCUT2D eigenvalue weighted by atomic mass is 10.0. The molecule has 1 atom stereocenters. The molecule has 4 rings (SSSR count). The van der Waals surface area contributed by atoms with Crippen LogP contribution in [0.1, 0.15) is 23.5 Å². The fourth-order valence-electron chi connectivity index (χ4n) is 4.30. The molecule has 0 saturated carbocycles. The molecule has 1 unspecified atom stereocenters. The summed E-state index contributed by atoms with van der Waals surface area (Å²) >= 11 is 1.59. The predicted molar refractivity (Wildman–Crippen MR) is 126 cm³/mol. The molecule has 1 N–H and O–H groups in total. The zero-order valence-electron chi connectivity index (χ0n) is 18.5. The third-order valence-corrected chi connectivity index (χ3v) is 7.27. The van der Waals surface area contributed by atoms with Crippen molar-refractivity contribution in [3.63, 3.8) is 0 Å². The Labute approximate surface area is 189 Å². The fourth-order valence-corrected chi connectivity index (χ4v) is 5.45. The number of morpholine rings is 2. The minimum atomic E-state index is 0.0144. The van der Waals surface area contributed by atoms with Gasteiger partial charge in [0, 0.05) is 44.3 Å². The number of carbonyl (C=O) groups excluding carboxylic acids is 1. The van der Waals surface area contributed by atoms with Crippen molar-refractivity contribution in [3.8, 4) is 11.1 Å². The van der Waals surface area contributed by atoms with E-state index in [2.05, 4.69) is 47.2 Å². The van der Waals surface area contributed by atoms with E-state index in [1.165, 1.54) is 0 Å². The van der Waals surface area contributed by atoms with E-state index >= 15 is 0 Å². The van der Waals surface area contributed by atoms with Crippen LogP contribution in [-0.4, -0.2) is 76.0 Å². The molecule has 6 nitrogen and oxygen atoms in total. The standard InChI is InChI=1S/C24H33N3O3S/c1-18(2)21(26-8-12-29-13-9-26)17-25-23(28)22-16-20(19-6-4-3-5-7-19)24(31-22)27-10-14-30-15-11-27/h3-7,16,18,21H,8-15,17H2,1-2H3,(H,25,28). The van der Waals surface area contributed by atoms with E-state index in [4.69, 9.17) is 9.47 Å². The van der Waals surface area contributed by atoms with Crippen LogP contribution in [0.3, 0.4) is 0 Å². The second kappa shape index (κ2) is 10.6. The number of thiophene rings is 1. The number of amides is 1. The molecule has 3 heterocycles. The van der Waals surface area contributed by atoms with Gasteiger partial charge < -0.3 is 19.7 Å². The summed E-state index contributed by atoms with van der Waals surface area (Å²) in [6.45, 7) is 11.7. The van der Waals surface area contributed by atoms with Crippen molar-refractivity contribution >= 4 is 22.2 Å². The lowest BCUT2D eigenvalue weighted by Gasteiger charge is -2.36. The monoisotopic (exact) mass is 443 g/mol. The molecular weight excluding hydrogens is 410 g/mol. The second-order valence-corrected chi connectivity index (χ2v) is 9.50. The highest BCUT2D eigenvalue weighted by Gasteiger charge is 2.26. The van der Waals surface area contributed by atoms with Gasteiger partial charge in [0.05, 0.1) is 36.3 Å². The van der Waals surface area contributed by atoms with E-state index in [0.717, 1.165) is 73.6 Å². The molecule has 2 saturated heterocycles. The van der Waals surface area contributed by atoms with Gasteiger partial charge in [-0.25, -0.2) is 0 Å². The first-order chi connectivity index (χ1) is 15.1. The summed E-state index contributed by atoms with van der Waals surface area (Å²) in [5.74, 6) is 0.478. The molecule has 0 bridgehead atoms. The highest BCUT2D eigenvalue weighted by Crippen LogP contribution is 2.39. The van der Waals surface area contributed by atoms with Gasteiger partial charge in [-0.15, -0.1) is 11.3 Å². The van der Waals surface area contributed by atoms with Crippen molar-refractivity contribution < 1.29 is 14.3 Å². The van der Waals surface area contributed by atoms with Crippen LogP contribution in [0.4, 0.5) is 5.00 Å². The van der Waals surface area contributed by atoms with E-state index in [-0.39, 0.29) is 5.91 Å². The molecule has 1 amide bonds. The number of nitrogens with zero attached hydrogens (tertiary/aromatic N) is 2. The van der Waals surface area contributed by atoms with Crippen LogP contribution in [0, 0.1) is 5.92 Å². The third-order valence-electron chi connectivity index (χ3n) is 6.08. The Kier molecular flexibility index (Phi) is 7.61. The van der Waals surface area contributed by atoms with Crippen LogP contribution in [0.25, 0.3) is 11.1 Å². The molecule has 1 aromatic heterocycles. The summed E-state index contributed by atoms with van der Waals surface area (Å²) in [7, 11) is 0. The largest absolute Gasteiger partial charge is 0.379 e. The summed E-state index contributed by atoms with van der Waals surface area (Å²) in [4.78, 5) is 18.7. The van der Waals surface area contributed by atoms with Crippen molar-refractivity contribution in [2.75, 3.05) is 64.1 Å². The van der Waals surface area contributed by atoms with Crippen molar-refractivity contribution in [1.82, 2.24) is 10.2 Å². The van der Waals surface area contributed by atoms with E-state index < -0.39 is 0 Å². The Balaban J connectivity index is 1.51. The zero-order chi connectivity index (χ0) is 21.6. The van der Waals surface area contributed by atoms with Gasteiger partial charge in [0.25, 0.3) is 5.91 Å². The van der Waals surface area contributed by atoms with E-state index in [0.29, 0.717) is 18.5 Å². The molecule has 168 valence electrons. The zero-order valence-corrected chi connectivity index (χ0v) is 19.3. The lowest BCUT2D eigenvalue weighted by molar-refractivity contribution is 0.00674. The topological polar surface area (TPSA) is 54.0 Å². The van der Waals surface area contributed by atoms with Gasteiger partial charge in [-0.3, -0.25) is 9.69 Å². The molecular formula is C24H33N3O3S. The first-order valence-corrected chi connectivity index (χ1v) is 12.1. The molecule has 1 aromatic carbocycles. The third kappa shape index (κ3) is 5.47. The smallest absolute Gasteiger partial charge is 0.261 e. The van der Waals surface area contributed by atoms with Crippen LogP contribution in [0.15, 0.2) is 36.4 Å². The summed E-state index contributed by atoms with van der Waals surface area (Å²) in [6.07, 6.45) is 0. The van der Waals surface area contributed by atoms with E-state index in [1.54, 1.807) is 11.3 Å². The lowest BCUT2D eigenvalue weighted by Crippen LogP contribution is -2.51. The quantitative estimate of drug-likeness (QED) is 0.711. The number of benzene rings is 1. The number of hydrogen-bond acceptors (Lipinski definition) is 6. The first-order valence-electron chi connectivity index (χ1n) is 11.3. The molecule has 0 spiro atoms. The summed E-state index contributed by atoms with van der Waals surface area (Å²) in [6, 6.07) is 12.7. The molecule has 7 heteroatoms. The maximum atomic E-state index is 13.1. The number of nitrogens with one attached hydrogen (secondary N) is 1. The predicted octanol–water partition coefficient (Wildman–Crippen LogP) is 3.34. The number of anilines is 1. The fraction of sp³-hybridized carbons (Fsp3) is 0.542. The van der Waals surface area contributed by atoms with Gasteiger partial charge in [-0.2, -0.15) is 0 Å².